The first-order valence-electron chi connectivity index (χ1n) is 14.1. The van der Waals surface area contributed by atoms with Gasteiger partial charge in [-0.2, -0.15) is 0 Å². The van der Waals surface area contributed by atoms with Crippen molar-refractivity contribution in [2.45, 2.75) is 52.2 Å². The minimum Gasteiger partial charge on any atom is -0.447 e. The van der Waals surface area contributed by atoms with E-state index in [1.807, 2.05) is 36.8 Å². The van der Waals surface area contributed by atoms with Gasteiger partial charge in [0.15, 0.2) is 0 Å². The molecule has 1 aliphatic heterocycles. The topological polar surface area (TPSA) is 92.6 Å². The summed E-state index contributed by atoms with van der Waals surface area (Å²) in [5, 5.41) is 4.64. The summed E-state index contributed by atoms with van der Waals surface area (Å²) < 4.78 is 21.6. The van der Waals surface area contributed by atoms with Gasteiger partial charge in [-0.1, -0.05) is 55.4 Å². The Morgan fingerprint density at radius 1 is 1.14 bits per heavy atom. The SMILES string of the molecule is C.CN(C(=O)CCc1cccc(F)c1Cl)[C@@H](CCCN1CCn2cncc2C1)COC(=O)Nc1cc2ccccc2cn1. The fourth-order valence-electron chi connectivity index (χ4n) is 5.20. The molecule has 1 atom stereocenters. The third kappa shape index (κ3) is 8.30. The molecule has 11 heteroatoms. The van der Waals surface area contributed by atoms with Gasteiger partial charge in [0.2, 0.25) is 5.91 Å². The average Bonchev–Trinajstić information content (AvgIpc) is 3.47. The number of fused-ring (bicyclic) bond motifs is 2. The number of aryl methyl sites for hydroxylation is 1. The molecular formula is C32H38ClFN6O3. The van der Waals surface area contributed by atoms with E-state index in [1.165, 1.54) is 11.8 Å². The van der Waals surface area contributed by atoms with Gasteiger partial charge in [0.25, 0.3) is 0 Å². The van der Waals surface area contributed by atoms with Crippen LogP contribution in [0.2, 0.25) is 5.02 Å². The number of hydrogen-bond donors (Lipinski definition) is 1. The summed E-state index contributed by atoms with van der Waals surface area (Å²) in [6.45, 7) is 3.51. The van der Waals surface area contributed by atoms with E-state index in [1.54, 1.807) is 36.3 Å². The smallest absolute Gasteiger partial charge is 0.412 e. The van der Waals surface area contributed by atoms with E-state index >= 15 is 0 Å². The predicted octanol–water partition coefficient (Wildman–Crippen LogP) is 6.16. The van der Waals surface area contributed by atoms with Crippen LogP contribution in [-0.4, -0.2) is 69.1 Å². The molecule has 0 saturated heterocycles. The number of benzene rings is 2. The van der Waals surface area contributed by atoms with E-state index in [-0.39, 0.29) is 37.4 Å². The lowest BCUT2D eigenvalue weighted by molar-refractivity contribution is -0.133. The standard InChI is InChI=1S/C31H34ClFN6O3.CH4/c1-37(29(40)12-11-22-8-4-10-27(33)30(22)32)25(9-5-13-38-14-15-39-21-34-18-26(39)19-38)20-42-31(41)36-28-16-23-6-2-3-7-24(23)17-35-28;/h2-4,6-8,10,16-18,21,25H,5,9,11-15,19-20H2,1H3,(H,35,36,41);1H4/t25-;/m0./s1. The van der Waals surface area contributed by atoms with Crippen LogP contribution < -0.4 is 5.32 Å². The highest BCUT2D eigenvalue weighted by molar-refractivity contribution is 6.31. The molecule has 0 radical (unpaired) electrons. The van der Waals surface area contributed by atoms with Crippen molar-refractivity contribution in [2.24, 2.45) is 0 Å². The zero-order chi connectivity index (χ0) is 29.5. The molecule has 0 bridgehead atoms. The number of halogens is 2. The molecule has 0 spiro atoms. The van der Waals surface area contributed by atoms with Gasteiger partial charge in [0.1, 0.15) is 18.2 Å². The van der Waals surface area contributed by atoms with E-state index in [2.05, 4.69) is 24.8 Å². The fourth-order valence-corrected chi connectivity index (χ4v) is 5.42. The minimum absolute atomic E-state index is 0. The molecule has 1 N–H and O–H groups in total. The van der Waals surface area contributed by atoms with Crippen molar-refractivity contribution in [3.8, 4) is 0 Å². The fraction of sp³-hybridized carbons (Fsp3) is 0.375. The van der Waals surface area contributed by atoms with Gasteiger partial charge in [-0.15, -0.1) is 0 Å². The van der Waals surface area contributed by atoms with Gasteiger partial charge in [-0.25, -0.2) is 19.2 Å². The normalized spacial score (nSPS) is 13.6. The molecule has 228 valence electrons. The number of carbonyl (C=O) groups is 2. The maximum absolute atomic E-state index is 13.9. The molecule has 43 heavy (non-hydrogen) atoms. The largest absolute Gasteiger partial charge is 0.447 e. The molecule has 4 aromatic rings. The van der Waals surface area contributed by atoms with Gasteiger partial charge in [0, 0.05) is 50.9 Å². The Morgan fingerprint density at radius 3 is 2.79 bits per heavy atom. The molecule has 3 heterocycles. The maximum Gasteiger partial charge on any atom is 0.412 e. The van der Waals surface area contributed by atoms with Crippen molar-refractivity contribution >= 4 is 40.2 Å². The second-order valence-electron chi connectivity index (χ2n) is 10.5. The molecule has 1 aliphatic rings. The summed E-state index contributed by atoms with van der Waals surface area (Å²) in [6, 6.07) is 13.8. The average molecular weight is 609 g/mol. The molecular weight excluding hydrogens is 571 g/mol. The van der Waals surface area contributed by atoms with E-state index in [9.17, 15) is 14.0 Å². The number of amides is 2. The number of nitrogens with zero attached hydrogens (tertiary/aromatic N) is 5. The van der Waals surface area contributed by atoms with Crippen molar-refractivity contribution in [3.05, 3.63) is 89.3 Å². The lowest BCUT2D eigenvalue weighted by Gasteiger charge is -2.31. The number of pyridine rings is 1. The van der Waals surface area contributed by atoms with Crippen LogP contribution in [0.4, 0.5) is 15.0 Å². The second-order valence-corrected chi connectivity index (χ2v) is 10.9. The minimum atomic E-state index is -0.639. The number of rotatable bonds is 11. The molecule has 0 aliphatic carbocycles. The number of likely N-dealkylation sites (N-methyl/N-ethyl adjacent to an activating group) is 1. The zero-order valence-corrected chi connectivity index (χ0v) is 24.3. The van der Waals surface area contributed by atoms with Gasteiger partial charge in [-0.3, -0.25) is 15.0 Å². The summed E-state index contributed by atoms with van der Waals surface area (Å²) in [7, 11) is 1.71. The lowest BCUT2D eigenvalue weighted by atomic mass is 10.1. The van der Waals surface area contributed by atoms with Crippen LogP contribution in [0.15, 0.2) is 67.3 Å². The molecule has 2 aromatic heterocycles. The highest BCUT2D eigenvalue weighted by atomic mass is 35.5. The molecule has 2 aromatic carbocycles. The molecule has 2 amide bonds. The maximum atomic E-state index is 13.9. The first-order chi connectivity index (χ1) is 20.4. The predicted molar refractivity (Wildman–Crippen MR) is 166 cm³/mol. The molecule has 9 nitrogen and oxygen atoms in total. The first-order valence-corrected chi connectivity index (χ1v) is 14.4. The number of aromatic nitrogens is 3. The van der Waals surface area contributed by atoms with Crippen LogP contribution >= 0.6 is 11.6 Å². The highest BCUT2D eigenvalue weighted by Crippen LogP contribution is 2.22. The van der Waals surface area contributed by atoms with Crippen LogP contribution in [0.1, 0.15) is 37.9 Å². The van der Waals surface area contributed by atoms with E-state index in [4.69, 9.17) is 16.3 Å². The van der Waals surface area contributed by atoms with Crippen LogP contribution in [0.25, 0.3) is 10.8 Å². The monoisotopic (exact) mass is 608 g/mol. The number of hydrogen-bond acceptors (Lipinski definition) is 6. The number of anilines is 1. The summed E-state index contributed by atoms with van der Waals surface area (Å²) in [5.74, 6) is -0.257. The van der Waals surface area contributed by atoms with E-state index in [0.717, 1.165) is 43.4 Å². The Kier molecular flexibility index (Phi) is 11.1. The van der Waals surface area contributed by atoms with Gasteiger partial charge in [-0.05, 0) is 48.9 Å². The first kappa shape index (κ1) is 31.9. The lowest BCUT2D eigenvalue weighted by Crippen LogP contribution is -2.42. The van der Waals surface area contributed by atoms with Crippen molar-refractivity contribution < 1.29 is 18.7 Å². The van der Waals surface area contributed by atoms with Crippen LogP contribution in [0.3, 0.4) is 0 Å². The van der Waals surface area contributed by atoms with Crippen molar-refractivity contribution in [1.82, 2.24) is 24.3 Å². The summed E-state index contributed by atoms with van der Waals surface area (Å²) in [6.07, 6.45) is 6.71. The third-order valence-corrected chi connectivity index (χ3v) is 8.13. The highest BCUT2D eigenvalue weighted by Gasteiger charge is 2.23. The zero-order valence-electron chi connectivity index (χ0n) is 23.5. The number of nitrogens with one attached hydrogen (secondary N) is 1. The van der Waals surface area contributed by atoms with Crippen molar-refractivity contribution in [3.63, 3.8) is 0 Å². The molecule has 0 saturated carbocycles. The second kappa shape index (κ2) is 14.9. The van der Waals surface area contributed by atoms with Gasteiger partial charge >= 0.3 is 6.09 Å². The molecule has 5 rings (SSSR count). The van der Waals surface area contributed by atoms with Crippen molar-refractivity contribution in [1.29, 1.82) is 0 Å². The quantitative estimate of drug-likeness (QED) is 0.219. The molecule has 0 fully saturated rings. The van der Waals surface area contributed by atoms with Crippen LogP contribution in [-0.2, 0) is 29.0 Å². The summed E-state index contributed by atoms with van der Waals surface area (Å²) in [5.41, 5.74) is 1.77. The van der Waals surface area contributed by atoms with Crippen LogP contribution in [0.5, 0.6) is 0 Å². The number of carbonyl (C=O) groups excluding carboxylic acids is 2. The Bertz CT molecular complexity index is 1550. The van der Waals surface area contributed by atoms with Crippen LogP contribution in [0, 0.1) is 5.82 Å². The van der Waals surface area contributed by atoms with Crippen molar-refractivity contribution in [2.75, 3.05) is 32.1 Å². The number of imidazole rings is 1. The van der Waals surface area contributed by atoms with E-state index in [0.29, 0.717) is 24.2 Å². The third-order valence-electron chi connectivity index (χ3n) is 7.70. The van der Waals surface area contributed by atoms with E-state index < -0.39 is 11.9 Å². The van der Waals surface area contributed by atoms with Gasteiger partial charge in [0.05, 0.1) is 23.1 Å². The Balaban J connectivity index is 0.00000423. The Morgan fingerprint density at radius 2 is 1.95 bits per heavy atom. The summed E-state index contributed by atoms with van der Waals surface area (Å²) >= 11 is 6.09. The van der Waals surface area contributed by atoms with Gasteiger partial charge < -0.3 is 14.2 Å². The summed E-state index contributed by atoms with van der Waals surface area (Å²) in [4.78, 5) is 38.4. The Labute approximate surface area is 256 Å². The molecule has 0 unspecified atom stereocenters. The number of ether oxygens (including phenoxy) is 1. The Hall–Kier alpha value is -4.02.